The third-order valence-corrected chi connectivity index (χ3v) is 3.34. The van der Waals surface area contributed by atoms with E-state index in [4.69, 9.17) is 9.47 Å². The van der Waals surface area contributed by atoms with Crippen molar-refractivity contribution >= 4 is 33.7 Å². The van der Waals surface area contributed by atoms with Crippen LogP contribution in [0.4, 0.5) is 0 Å². The van der Waals surface area contributed by atoms with E-state index in [2.05, 4.69) is 26.6 Å². The maximum atomic E-state index is 11.6. The Labute approximate surface area is 155 Å². The van der Waals surface area contributed by atoms with Gasteiger partial charge < -0.3 is 20.1 Å². The van der Waals surface area contributed by atoms with Crippen molar-refractivity contribution in [2.24, 2.45) is 0 Å². The first-order chi connectivity index (χ1) is 11.9. The highest BCUT2D eigenvalue weighted by Gasteiger charge is 2.09. The number of hydrogen-bond donors (Lipinski definition) is 2. The molecular weight excluding hydrogens is 392 g/mol. The molecule has 8 heteroatoms. The van der Waals surface area contributed by atoms with Gasteiger partial charge in [0.15, 0.2) is 6.61 Å². The Morgan fingerprint density at radius 3 is 2.64 bits per heavy atom. The second kappa shape index (κ2) is 11.5. The highest BCUT2D eigenvalue weighted by atomic mass is 79.9. The number of carbonyl (C=O) groups excluding carboxylic acids is 3. The lowest BCUT2D eigenvalue weighted by Gasteiger charge is -2.09. The van der Waals surface area contributed by atoms with E-state index in [9.17, 15) is 14.4 Å². The highest BCUT2D eigenvalue weighted by molar-refractivity contribution is 9.10. The average Bonchev–Trinajstić information content (AvgIpc) is 2.54. The molecule has 0 unspecified atom stereocenters. The van der Waals surface area contributed by atoms with Crippen molar-refractivity contribution < 1.29 is 23.9 Å². The maximum absolute atomic E-state index is 11.6. The summed E-state index contributed by atoms with van der Waals surface area (Å²) >= 11 is 3.34. The summed E-state index contributed by atoms with van der Waals surface area (Å²) in [6.45, 7) is 3.46. The van der Waals surface area contributed by atoms with Gasteiger partial charge >= 0.3 is 5.97 Å². The third kappa shape index (κ3) is 10.4. The SMILES string of the molecule is CC(C)NC(=O)CNC(=O)COC(=O)CCCOc1cccc(Br)c1. The second-order valence-electron chi connectivity index (χ2n) is 5.57. The molecule has 1 aromatic rings. The van der Waals surface area contributed by atoms with Crippen molar-refractivity contribution in [3.8, 4) is 5.75 Å². The molecule has 1 aromatic carbocycles. The van der Waals surface area contributed by atoms with Crippen LogP contribution in [0.1, 0.15) is 26.7 Å². The molecule has 0 fully saturated rings. The summed E-state index contributed by atoms with van der Waals surface area (Å²) in [5, 5.41) is 5.02. The summed E-state index contributed by atoms with van der Waals surface area (Å²) in [7, 11) is 0. The highest BCUT2D eigenvalue weighted by Crippen LogP contribution is 2.17. The van der Waals surface area contributed by atoms with Crippen LogP contribution in [0.3, 0.4) is 0 Å². The van der Waals surface area contributed by atoms with Gasteiger partial charge in [-0.3, -0.25) is 14.4 Å². The van der Waals surface area contributed by atoms with Crippen molar-refractivity contribution in [1.29, 1.82) is 0 Å². The number of nitrogens with one attached hydrogen (secondary N) is 2. The number of carbonyl (C=O) groups is 3. The molecule has 0 radical (unpaired) electrons. The lowest BCUT2D eigenvalue weighted by atomic mass is 10.3. The summed E-state index contributed by atoms with van der Waals surface area (Å²) in [5.41, 5.74) is 0. The lowest BCUT2D eigenvalue weighted by molar-refractivity contribution is -0.148. The Morgan fingerprint density at radius 2 is 1.96 bits per heavy atom. The molecule has 0 saturated heterocycles. The largest absolute Gasteiger partial charge is 0.494 e. The predicted octanol–water partition coefficient (Wildman–Crippen LogP) is 1.79. The molecule has 7 nitrogen and oxygen atoms in total. The number of ether oxygens (including phenoxy) is 2. The summed E-state index contributed by atoms with van der Waals surface area (Å²) in [4.78, 5) is 34.4. The number of hydrogen-bond acceptors (Lipinski definition) is 5. The van der Waals surface area contributed by atoms with Crippen molar-refractivity contribution in [3.05, 3.63) is 28.7 Å². The molecule has 2 amide bonds. The topological polar surface area (TPSA) is 93.7 Å². The molecule has 0 spiro atoms. The molecule has 0 aliphatic rings. The third-order valence-electron chi connectivity index (χ3n) is 2.85. The molecule has 1 rings (SSSR count). The van der Waals surface area contributed by atoms with Crippen LogP contribution in [0.15, 0.2) is 28.7 Å². The first-order valence-corrected chi connectivity index (χ1v) is 8.76. The second-order valence-corrected chi connectivity index (χ2v) is 6.48. The molecular formula is C17H23BrN2O5. The fraction of sp³-hybridized carbons (Fsp3) is 0.471. The Hall–Kier alpha value is -2.09. The molecule has 25 heavy (non-hydrogen) atoms. The van der Waals surface area contributed by atoms with Crippen LogP contribution in [-0.2, 0) is 19.1 Å². The van der Waals surface area contributed by atoms with E-state index in [-0.39, 0.29) is 24.9 Å². The zero-order valence-corrected chi connectivity index (χ0v) is 15.9. The number of rotatable bonds is 10. The van der Waals surface area contributed by atoms with Gasteiger partial charge in [0.2, 0.25) is 5.91 Å². The van der Waals surface area contributed by atoms with Gasteiger partial charge in [0.25, 0.3) is 5.91 Å². The molecule has 0 atom stereocenters. The van der Waals surface area contributed by atoms with Crippen LogP contribution in [0.25, 0.3) is 0 Å². The first kappa shape index (κ1) is 21.0. The smallest absolute Gasteiger partial charge is 0.306 e. The average molecular weight is 415 g/mol. The quantitative estimate of drug-likeness (QED) is 0.449. The fourth-order valence-electron chi connectivity index (χ4n) is 1.78. The number of halogens is 1. The minimum Gasteiger partial charge on any atom is -0.494 e. The number of benzene rings is 1. The number of amides is 2. The molecule has 0 bridgehead atoms. The molecule has 0 aliphatic heterocycles. The zero-order valence-electron chi connectivity index (χ0n) is 14.3. The van der Waals surface area contributed by atoms with Gasteiger partial charge in [-0.05, 0) is 38.5 Å². The summed E-state index contributed by atoms with van der Waals surface area (Å²) < 4.78 is 11.3. The van der Waals surface area contributed by atoms with Gasteiger partial charge in [-0.2, -0.15) is 0 Å². The Kier molecular flexibility index (Phi) is 9.61. The van der Waals surface area contributed by atoms with E-state index < -0.39 is 18.5 Å². The normalized spacial score (nSPS) is 10.2. The van der Waals surface area contributed by atoms with E-state index >= 15 is 0 Å². The Morgan fingerprint density at radius 1 is 1.20 bits per heavy atom. The van der Waals surface area contributed by atoms with Gasteiger partial charge in [0, 0.05) is 16.9 Å². The van der Waals surface area contributed by atoms with E-state index in [1.54, 1.807) is 0 Å². The van der Waals surface area contributed by atoms with Crippen LogP contribution in [0.5, 0.6) is 5.75 Å². The minimum atomic E-state index is -0.516. The van der Waals surface area contributed by atoms with Crippen LogP contribution in [-0.4, -0.2) is 43.6 Å². The molecule has 138 valence electrons. The van der Waals surface area contributed by atoms with Crippen LogP contribution in [0.2, 0.25) is 0 Å². The van der Waals surface area contributed by atoms with E-state index in [1.165, 1.54) is 0 Å². The lowest BCUT2D eigenvalue weighted by Crippen LogP contribution is -2.41. The first-order valence-electron chi connectivity index (χ1n) is 7.97. The van der Waals surface area contributed by atoms with Gasteiger partial charge in [-0.1, -0.05) is 22.0 Å². The van der Waals surface area contributed by atoms with Crippen LogP contribution < -0.4 is 15.4 Å². The summed E-state index contributed by atoms with van der Waals surface area (Å²) in [6.07, 6.45) is 0.624. The monoisotopic (exact) mass is 414 g/mol. The molecule has 0 aliphatic carbocycles. The predicted molar refractivity (Wildman–Crippen MR) is 96.1 cm³/mol. The van der Waals surface area contributed by atoms with Crippen molar-refractivity contribution in [2.45, 2.75) is 32.7 Å². The van der Waals surface area contributed by atoms with Crippen molar-refractivity contribution in [3.63, 3.8) is 0 Å². The Balaban J connectivity index is 2.10. The number of esters is 1. The molecule has 0 saturated carbocycles. The summed E-state index contributed by atoms with van der Waals surface area (Å²) in [5.74, 6) is -0.585. The van der Waals surface area contributed by atoms with E-state index in [0.717, 1.165) is 4.47 Å². The van der Waals surface area contributed by atoms with Crippen LogP contribution in [0, 0.1) is 0 Å². The van der Waals surface area contributed by atoms with Gasteiger partial charge in [-0.15, -0.1) is 0 Å². The molecule has 2 N–H and O–H groups in total. The fourth-order valence-corrected chi connectivity index (χ4v) is 2.16. The minimum absolute atomic E-state index is 0.00134. The van der Waals surface area contributed by atoms with E-state index in [1.807, 2.05) is 38.1 Å². The Bertz CT molecular complexity index is 592. The molecule has 0 aromatic heterocycles. The standard InChI is InChI=1S/C17H23BrN2O5/c1-12(2)20-15(21)10-19-16(22)11-25-17(23)7-4-8-24-14-6-3-5-13(18)9-14/h3,5-6,9,12H,4,7-8,10-11H2,1-2H3,(H,19,22)(H,20,21). The van der Waals surface area contributed by atoms with E-state index in [0.29, 0.717) is 18.8 Å². The molecule has 0 heterocycles. The van der Waals surface area contributed by atoms with Gasteiger partial charge in [0.1, 0.15) is 5.75 Å². The van der Waals surface area contributed by atoms with Crippen molar-refractivity contribution in [1.82, 2.24) is 10.6 Å². The van der Waals surface area contributed by atoms with Gasteiger partial charge in [-0.25, -0.2) is 0 Å². The van der Waals surface area contributed by atoms with Crippen LogP contribution >= 0.6 is 15.9 Å². The maximum Gasteiger partial charge on any atom is 0.306 e. The van der Waals surface area contributed by atoms with Gasteiger partial charge in [0.05, 0.1) is 13.2 Å². The summed E-state index contributed by atoms with van der Waals surface area (Å²) in [6, 6.07) is 7.40. The zero-order chi connectivity index (χ0) is 18.7. The van der Waals surface area contributed by atoms with Crippen molar-refractivity contribution in [2.75, 3.05) is 19.8 Å².